The Morgan fingerprint density at radius 1 is 1.32 bits per heavy atom. The van der Waals surface area contributed by atoms with Gasteiger partial charge in [-0.3, -0.25) is 4.79 Å². The van der Waals surface area contributed by atoms with E-state index >= 15 is 0 Å². The number of allylic oxidation sites excluding steroid dienone is 2. The van der Waals surface area contributed by atoms with Gasteiger partial charge in [-0.1, -0.05) is 11.9 Å². The maximum atomic E-state index is 13.1. The number of carbonyl (C=O) groups excluding carboxylic acids is 1. The molecule has 0 atom stereocenters. The van der Waals surface area contributed by atoms with Gasteiger partial charge in [-0.15, -0.1) is 0 Å². The lowest BCUT2D eigenvalue weighted by atomic mass is 10.2. The molecule has 3 heterocycles. The van der Waals surface area contributed by atoms with Crippen LogP contribution < -0.4 is 19.3 Å². The maximum absolute atomic E-state index is 13.1. The fourth-order valence-electron chi connectivity index (χ4n) is 2.98. The van der Waals surface area contributed by atoms with Gasteiger partial charge in [0.15, 0.2) is 15.6 Å². The summed E-state index contributed by atoms with van der Waals surface area (Å²) >= 11 is 0. The second-order valence-electron chi connectivity index (χ2n) is 6.46. The lowest BCUT2D eigenvalue weighted by Gasteiger charge is -2.28. The first-order chi connectivity index (χ1) is 13.9. The molecule has 2 aromatic heterocycles. The fraction of sp³-hybridized carbons (Fsp3) is 0.278. The SMILES string of the molecule is C=[n+]1cc(C(=O)CO)cc2[n-]c(=C3[N-]C=C(C(F)(F)F)C=C3S(=O)(=O)CC)[n+](C)c21.O. The van der Waals surface area contributed by atoms with Crippen molar-refractivity contribution in [2.75, 3.05) is 12.4 Å². The van der Waals surface area contributed by atoms with Crippen LogP contribution in [-0.4, -0.2) is 43.3 Å². The highest BCUT2D eigenvalue weighted by molar-refractivity contribution is 7.95. The third-order valence-electron chi connectivity index (χ3n) is 4.52. The number of hydrogen-bond donors (Lipinski definition) is 1. The summed E-state index contributed by atoms with van der Waals surface area (Å²) < 4.78 is 67.1. The number of aliphatic hydroxyl groups is 1. The Balaban J connectivity index is 0.00000341. The molecule has 0 unspecified atom stereocenters. The Labute approximate surface area is 174 Å². The van der Waals surface area contributed by atoms with Gasteiger partial charge in [0.05, 0.1) is 29.5 Å². The zero-order valence-corrected chi connectivity index (χ0v) is 17.3. The second-order valence-corrected chi connectivity index (χ2v) is 8.70. The summed E-state index contributed by atoms with van der Waals surface area (Å²) in [7, 11) is -2.56. The lowest BCUT2D eigenvalue weighted by molar-refractivity contribution is -0.709. The molecule has 3 rings (SSSR count). The molecular weight excluding hydrogens is 441 g/mol. The summed E-state index contributed by atoms with van der Waals surface area (Å²) in [6.07, 6.45) is -2.33. The van der Waals surface area contributed by atoms with Crippen LogP contribution in [0.25, 0.3) is 22.2 Å². The molecule has 0 amide bonds. The van der Waals surface area contributed by atoms with Crippen molar-refractivity contribution in [1.82, 2.24) is 4.98 Å². The number of nitrogens with zero attached hydrogens (tertiary/aromatic N) is 4. The van der Waals surface area contributed by atoms with Gasteiger partial charge in [-0.05, 0) is 11.8 Å². The minimum Gasteiger partial charge on any atom is -0.657 e. The molecule has 0 aliphatic carbocycles. The zero-order valence-electron chi connectivity index (χ0n) is 16.4. The number of halogens is 3. The van der Waals surface area contributed by atoms with Crippen molar-refractivity contribution < 1.29 is 45.8 Å². The number of aliphatic hydroxyl groups excluding tert-OH is 1. The van der Waals surface area contributed by atoms with Crippen molar-refractivity contribution in [1.29, 1.82) is 0 Å². The molecule has 0 saturated carbocycles. The highest BCUT2D eigenvalue weighted by atomic mass is 32.2. The van der Waals surface area contributed by atoms with Crippen LogP contribution in [-0.2, 0) is 16.9 Å². The van der Waals surface area contributed by atoms with E-state index in [-0.39, 0.29) is 27.7 Å². The van der Waals surface area contributed by atoms with E-state index in [2.05, 4.69) is 17.0 Å². The van der Waals surface area contributed by atoms with Crippen molar-refractivity contribution in [3.05, 3.63) is 58.1 Å². The maximum Gasteiger partial charge on any atom is 0.414 e. The Morgan fingerprint density at radius 3 is 2.52 bits per heavy atom. The number of hydrogen-bond acceptors (Lipinski definition) is 4. The first kappa shape index (κ1) is 24.2. The summed E-state index contributed by atoms with van der Waals surface area (Å²) in [5.41, 5.74) is -0.758. The van der Waals surface area contributed by atoms with Gasteiger partial charge in [0.1, 0.15) is 6.61 Å². The fourth-order valence-corrected chi connectivity index (χ4v) is 4.03. The van der Waals surface area contributed by atoms with Gasteiger partial charge >= 0.3 is 6.18 Å². The summed E-state index contributed by atoms with van der Waals surface area (Å²) in [6.45, 7) is 4.34. The molecule has 0 saturated heterocycles. The van der Waals surface area contributed by atoms with E-state index in [1.165, 1.54) is 35.0 Å². The number of carbonyl (C=O) groups is 1. The van der Waals surface area contributed by atoms with Crippen molar-refractivity contribution in [3.8, 4) is 0 Å². The van der Waals surface area contributed by atoms with Crippen molar-refractivity contribution in [2.45, 2.75) is 13.1 Å². The van der Waals surface area contributed by atoms with E-state index in [1.807, 2.05) is 0 Å². The van der Waals surface area contributed by atoms with Crippen molar-refractivity contribution >= 4 is 32.5 Å². The van der Waals surface area contributed by atoms with Gasteiger partial charge < -0.3 is 15.9 Å². The van der Waals surface area contributed by atoms with Crippen LogP contribution in [0.2, 0.25) is 0 Å². The number of aromatic nitrogens is 3. The van der Waals surface area contributed by atoms with Gasteiger partial charge in [-0.25, -0.2) is 17.2 Å². The zero-order chi connectivity index (χ0) is 22.4. The van der Waals surface area contributed by atoms with E-state index in [4.69, 9.17) is 5.11 Å². The average molecular weight is 460 g/mol. The van der Waals surface area contributed by atoms with E-state index < -0.39 is 44.6 Å². The number of fused-ring (bicyclic) bond motifs is 1. The molecule has 0 fully saturated rings. The number of Topliss-reactive ketones (excluding diaryl/α,β-unsaturated/α-hetero) is 1. The minimum atomic E-state index is -4.77. The smallest absolute Gasteiger partial charge is 0.414 e. The second kappa shape index (κ2) is 8.24. The highest BCUT2D eigenvalue weighted by Crippen LogP contribution is 2.37. The number of aryl methyl sites for hydroxylation is 1. The van der Waals surface area contributed by atoms with Crippen LogP contribution in [0.5, 0.6) is 0 Å². The van der Waals surface area contributed by atoms with E-state index in [0.29, 0.717) is 17.9 Å². The number of alkyl halides is 3. The largest absolute Gasteiger partial charge is 0.657 e. The number of imidazole rings is 1. The van der Waals surface area contributed by atoms with Gasteiger partial charge in [0.25, 0.3) is 5.65 Å². The Morgan fingerprint density at radius 2 is 1.97 bits per heavy atom. The molecule has 168 valence electrons. The van der Waals surface area contributed by atoms with Crippen LogP contribution in [0.3, 0.4) is 0 Å². The van der Waals surface area contributed by atoms with Crippen LogP contribution in [0.15, 0.2) is 35.0 Å². The molecule has 1 aliphatic heterocycles. The molecule has 0 aromatic carbocycles. The predicted octanol–water partition coefficient (Wildman–Crippen LogP) is -0.841. The minimum absolute atomic E-state index is 0. The third-order valence-corrected chi connectivity index (χ3v) is 6.26. The molecular formula is C18H19F3N4O5S. The molecule has 0 radical (unpaired) electrons. The Bertz CT molecular complexity index is 1340. The molecule has 0 bridgehead atoms. The number of rotatable bonds is 4. The topological polar surface area (TPSA) is 141 Å². The monoisotopic (exact) mass is 460 g/mol. The van der Waals surface area contributed by atoms with Crippen molar-refractivity contribution in [3.63, 3.8) is 0 Å². The first-order valence-electron chi connectivity index (χ1n) is 8.58. The predicted molar refractivity (Wildman–Crippen MR) is 102 cm³/mol. The molecule has 9 nitrogen and oxygen atoms in total. The van der Waals surface area contributed by atoms with E-state index in [0.717, 1.165) is 0 Å². The standard InChI is InChI=1S/C18H17F3N4O4S.H2O/c1-4-30(28,29)14-6-11(18(19,20)21)7-22-15(14)16-23-12-5-10(13(27)9-26)8-24(2)17(12)25(16)3;/h5-8,26H,2,4,9H2,1,3H3;1H2. The lowest BCUT2D eigenvalue weighted by Crippen LogP contribution is -2.50. The quantitative estimate of drug-likeness (QED) is 0.468. The number of sulfone groups is 1. The molecule has 2 aromatic rings. The summed E-state index contributed by atoms with van der Waals surface area (Å²) in [5.74, 6) is -1.01. The highest BCUT2D eigenvalue weighted by Gasteiger charge is 2.34. The third kappa shape index (κ3) is 4.24. The number of ketones is 1. The molecule has 31 heavy (non-hydrogen) atoms. The molecule has 3 N–H and O–H groups in total. The van der Waals surface area contributed by atoms with Crippen LogP contribution in [0.4, 0.5) is 13.2 Å². The Hall–Kier alpha value is -3.03. The molecule has 0 spiro atoms. The van der Waals surface area contributed by atoms with Gasteiger partial charge in [-0.2, -0.15) is 19.4 Å². The summed E-state index contributed by atoms with van der Waals surface area (Å²) in [6, 6.07) is 1.37. The van der Waals surface area contributed by atoms with Crippen LogP contribution in [0.1, 0.15) is 17.3 Å². The van der Waals surface area contributed by atoms with Gasteiger partial charge in [0, 0.05) is 18.4 Å². The van der Waals surface area contributed by atoms with E-state index in [9.17, 15) is 26.4 Å². The number of pyridine rings is 1. The first-order valence-corrected chi connectivity index (χ1v) is 10.2. The molecule has 13 heteroatoms. The average Bonchev–Trinajstić information content (AvgIpc) is 3.02. The van der Waals surface area contributed by atoms with Crippen LogP contribution >= 0.6 is 0 Å². The summed E-state index contributed by atoms with van der Waals surface area (Å²) in [5, 5.41) is 12.8. The normalized spacial score (nSPS) is 16.3. The summed E-state index contributed by atoms with van der Waals surface area (Å²) in [4.78, 5) is 15.5. The molecule has 1 aliphatic rings. The van der Waals surface area contributed by atoms with Crippen LogP contribution in [0, 0.1) is 6.72 Å². The van der Waals surface area contributed by atoms with Gasteiger partial charge in [0.2, 0.25) is 11.0 Å². The van der Waals surface area contributed by atoms with Crippen molar-refractivity contribution in [2.24, 2.45) is 7.05 Å². The van der Waals surface area contributed by atoms with E-state index in [1.54, 1.807) is 0 Å². The Kier molecular flexibility index (Phi) is 6.45.